The van der Waals surface area contributed by atoms with Crippen molar-refractivity contribution in [3.63, 3.8) is 0 Å². The number of rotatable bonds is 4. The molecule has 1 aliphatic rings. The zero-order valence-electron chi connectivity index (χ0n) is 7.58. The Kier molecular flexibility index (Phi) is 4.08. The van der Waals surface area contributed by atoms with E-state index in [1.54, 1.807) is 0 Å². The molecule has 0 aromatic carbocycles. The molecular weight excluding hydrogens is 154 g/mol. The molecular formula is C9H16NO2. The van der Waals surface area contributed by atoms with Gasteiger partial charge in [0.05, 0.1) is 6.61 Å². The fourth-order valence-electron chi connectivity index (χ4n) is 1.62. The lowest BCUT2D eigenvalue weighted by molar-refractivity contribution is 0.137. The third-order valence-electron chi connectivity index (χ3n) is 2.53. The number of ether oxygens (including phenoxy) is 1. The first-order valence-electron chi connectivity index (χ1n) is 4.58. The van der Waals surface area contributed by atoms with Crippen LogP contribution < -0.4 is 0 Å². The SMILES string of the molecule is CCN1CCC(CO[C]=O)CC1. The molecule has 0 atom stereocenters. The molecule has 69 valence electrons. The molecule has 1 aliphatic heterocycles. The Morgan fingerprint density at radius 3 is 2.67 bits per heavy atom. The third-order valence-corrected chi connectivity index (χ3v) is 2.53. The van der Waals surface area contributed by atoms with Crippen LogP contribution in [0.1, 0.15) is 19.8 Å². The molecule has 1 heterocycles. The van der Waals surface area contributed by atoms with Crippen molar-refractivity contribution in [2.45, 2.75) is 19.8 Å². The van der Waals surface area contributed by atoms with Crippen LogP contribution in [0, 0.1) is 5.92 Å². The van der Waals surface area contributed by atoms with Crippen LogP contribution in [0.2, 0.25) is 0 Å². The van der Waals surface area contributed by atoms with E-state index in [0.29, 0.717) is 12.5 Å². The summed E-state index contributed by atoms with van der Waals surface area (Å²) < 4.78 is 4.62. The molecule has 0 amide bonds. The lowest BCUT2D eigenvalue weighted by Crippen LogP contribution is -2.34. The van der Waals surface area contributed by atoms with E-state index in [2.05, 4.69) is 16.6 Å². The molecule has 1 saturated heterocycles. The Hall–Kier alpha value is -0.570. The first-order valence-corrected chi connectivity index (χ1v) is 4.58. The van der Waals surface area contributed by atoms with Gasteiger partial charge >= 0.3 is 6.47 Å². The fraction of sp³-hybridized carbons (Fsp3) is 0.889. The predicted molar refractivity (Wildman–Crippen MR) is 46.5 cm³/mol. The zero-order valence-corrected chi connectivity index (χ0v) is 7.58. The summed E-state index contributed by atoms with van der Waals surface area (Å²) in [5.41, 5.74) is 0. The summed E-state index contributed by atoms with van der Waals surface area (Å²) in [5, 5.41) is 0. The van der Waals surface area contributed by atoms with Crippen LogP contribution in [-0.2, 0) is 9.53 Å². The maximum absolute atomic E-state index is 9.81. The van der Waals surface area contributed by atoms with Gasteiger partial charge in [0.15, 0.2) is 0 Å². The van der Waals surface area contributed by atoms with Gasteiger partial charge in [-0.2, -0.15) is 0 Å². The average molecular weight is 170 g/mol. The Labute approximate surface area is 73.7 Å². The molecule has 3 nitrogen and oxygen atoms in total. The van der Waals surface area contributed by atoms with Gasteiger partial charge in [-0.3, -0.25) is 0 Å². The van der Waals surface area contributed by atoms with Gasteiger partial charge in [0.2, 0.25) is 0 Å². The average Bonchev–Trinajstić information content (AvgIpc) is 2.15. The number of piperidine rings is 1. The van der Waals surface area contributed by atoms with Crippen LogP contribution in [0.4, 0.5) is 0 Å². The van der Waals surface area contributed by atoms with Crippen molar-refractivity contribution in [2.24, 2.45) is 5.92 Å². The van der Waals surface area contributed by atoms with Crippen molar-refractivity contribution in [2.75, 3.05) is 26.2 Å². The second-order valence-electron chi connectivity index (χ2n) is 3.27. The van der Waals surface area contributed by atoms with E-state index in [0.717, 1.165) is 32.5 Å². The second kappa shape index (κ2) is 5.14. The number of hydrogen-bond donors (Lipinski definition) is 0. The molecule has 1 radical (unpaired) electrons. The summed E-state index contributed by atoms with van der Waals surface area (Å²) in [7, 11) is 0. The van der Waals surface area contributed by atoms with Crippen molar-refractivity contribution in [1.29, 1.82) is 0 Å². The van der Waals surface area contributed by atoms with Gasteiger partial charge in [-0.05, 0) is 38.4 Å². The summed E-state index contributed by atoms with van der Waals surface area (Å²) >= 11 is 0. The summed E-state index contributed by atoms with van der Waals surface area (Å²) in [6.07, 6.45) is 2.30. The molecule has 0 spiro atoms. The summed E-state index contributed by atoms with van der Waals surface area (Å²) in [6.45, 7) is 7.63. The lowest BCUT2D eigenvalue weighted by atomic mass is 9.98. The normalized spacial score (nSPS) is 20.8. The smallest absolute Gasteiger partial charge is 0.417 e. The molecule has 1 rings (SSSR count). The molecule has 3 heteroatoms. The van der Waals surface area contributed by atoms with Gasteiger partial charge in [0, 0.05) is 0 Å². The Balaban J connectivity index is 2.12. The number of likely N-dealkylation sites (tertiary alicyclic amines) is 1. The maximum atomic E-state index is 9.81. The molecule has 0 saturated carbocycles. The van der Waals surface area contributed by atoms with E-state index < -0.39 is 0 Å². The van der Waals surface area contributed by atoms with Gasteiger partial charge < -0.3 is 9.64 Å². The van der Waals surface area contributed by atoms with Crippen molar-refractivity contribution < 1.29 is 9.53 Å². The first kappa shape index (κ1) is 9.52. The minimum absolute atomic E-state index is 0.557. The standard InChI is InChI=1S/C9H16NO2/c1-2-10-5-3-9(4-6-10)7-12-8-11/h9H,2-7H2,1H3. The van der Waals surface area contributed by atoms with Gasteiger partial charge in [0.1, 0.15) is 0 Å². The van der Waals surface area contributed by atoms with E-state index in [1.165, 1.54) is 6.47 Å². The molecule has 0 bridgehead atoms. The van der Waals surface area contributed by atoms with Crippen molar-refractivity contribution >= 4 is 6.47 Å². The summed E-state index contributed by atoms with van der Waals surface area (Å²) in [5.74, 6) is 0.564. The van der Waals surface area contributed by atoms with Crippen LogP contribution in [-0.4, -0.2) is 37.6 Å². The second-order valence-corrected chi connectivity index (χ2v) is 3.27. The highest BCUT2D eigenvalue weighted by molar-refractivity contribution is 5.38. The number of hydrogen-bond acceptors (Lipinski definition) is 3. The minimum Gasteiger partial charge on any atom is -0.457 e. The van der Waals surface area contributed by atoms with E-state index in [9.17, 15) is 4.79 Å². The summed E-state index contributed by atoms with van der Waals surface area (Å²) in [6, 6.07) is 0. The van der Waals surface area contributed by atoms with Crippen molar-refractivity contribution in [1.82, 2.24) is 4.90 Å². The third kappa shape index (κ3) is 2.81. The minimum atomic E-state index is 0.557. The summed E-state index contributed by atoms with van der Waals surface area (Å²) in [4.78, 5) is 12.2. The highest BCUT2D eigenvalue weighted by Gasteiger charge is 2.17. The van der Waals surface area contributed by atoms with E-state index in [4.69, 9.17) is 0 Å². The highest BCUT2D eigenvalue weighted by atomic mass is 16.5. The molecule has 0 N–H and O–H groups in total. The molecule has 1 fully saturated rings. The fourth-order valence-corrected chi connectivity index (χ4v) is 1.62. The van der Waals surface area contributed by atoms with E-state index in [-0.39, 0.29) is 0 Å². The van der Waals surface area contributed by atoms with E-state index >= 15 is 0 Å². The largest absolute Gasteiger partial charge is 0.457 e. The van der Waals surface area contributed by atoms with Crippen LogP contribution in [0.25, 0.3) is 0 Å². The van der Waals surface area contributed by atoms with Gasteiger partial charge in [0.25, 0.3) is 0 Å². The zero-order chi connectivity index (χ0) is 8.81. The van der Waals surface area contributed by atoms with Crippen molar-refractivity contribution in [3.8, 4) is 0 Å². The highest BCUT2D eigenvalue weighted by Crippen LogP contribution is 2.16. The number of nitrogens with zero attached hydrogens (tertiary/aromatic N) is 1. The van der Waals surface area contributed by atoms with E-state index in [1.807, 2.05) is 0 Å². The Bertz CT molecular complexity index is 130. The van der Waals surface area contributed by atoms with Gasteiger partial charge in [-0.25, -0.2) is 4.79 Å². The topological polar surface area (TPSA) is 29.5 Å². The number of carbonyl (C=O) groups excluding carboxylic acids is 1. The molecule has 0 aromatic rings. The van der Waals surface area contributed by atoms with Crippen LogP contribution in [0.5, 0.6) is 0 Å². The molecule has 0 unspecified atom stereocenters. The Morgan fingerprint density at radius 2 is 2.17 bits per heavy atom. The molecule has 0 aliphatic carbocycles. The van der Waals surface area contributed by atoms with Gasteiger partial charge in [-0.1, -0.05) is 6.92 Å². The van der Waals surface area contributed by atoms with Crippen LogP contribution >= 0.6 is 0 Å². The maximum Gasteiger partial charge on any atom is 0.417 e. The predicted octanol–water partition coefficient (Wildman–Crippen LogP) is 0.802. The lowest BCUT2D eigenvalue weighted by Gasteiger charge is -2.30. The monoisotopic (exact) mass is 170 g/mol. The van der Waals surface area contributed by atoms with Crippen LogP contribution in [0.3, 0.4) is 0 Å². The van der Waals surface area contributed by atoms with Crippen molar-refractivity contribution in [3.05, 3.63) is 0 Å². The Morgan fingerprint density at radius 1 is 1.50 bits per heavy atom. The molecule has 12 heavy (non-hydrogen) atoms. The first-order chi connectivity index (χ1) is 5.86. The van der Waals surface area contributed by atoms with Crippen LogP contribution in [0.15, 0.2) is 0 Å². The quantitative estimate of drug-likeness (QED) is 0.625. The van der Waals surface area contributed by atoms with Gasteiger partial charge in [-0.15, -0.1) is 0 Å². The molecule has 0 aromatic heterocycles.